The molecule has 0 aromatic heterocycles. The van der Waals surface area contributed by atoms with Crippen molar-refractivity contribution in [2.24, 2.45) is 4.99 Å². The van der Waals surface area contributed by atoms with Crippen LogP contribution in [0.15, 0.2) is 57.4 Å². The van der Waals surface area contributed by atoms with Crippen LogP contribution in [0.25, 0.3) is 0 Å². The Labute approximate surface area is 121 Å². The summed E-state index contributed by atoms with van der Waals surface area (Å²) in [7, 11) is 1.66. The monoisotopic (exact) mass is 277 g/mol. The van der Waals surface area contributed by atoms with Gasteiger partial charge in [-0.2, -0.15) is 0 Å². The second-order valence-electron chi connectivity index (χ2n) is 3.73. The number of rotatable bonds is 5. The molecule has 3 heteroatoms. The normalized spacial score (nSPS) is 9.53. The smallest absolute Gasteiger partial charge is 0.118 e. The molecule has 104 valence electrons. The highest BCUT2D eigenvalue weighted by molar-refractivity contribution is 8.03. The fourth-order valence-electron chi connectivity index (χ4n) is 1.09. The first-order chi connectivity index (χ1) is 9.11. The molecule has 0 saturated carbocycles. The third-order valence-electron chi connectivity index (χ3n) is 1.86. The van der Waals surface area contributed by atoms with Gasteiger partial charge >= 0.3 is 0 Å². The lowest BCUT2D eigenvalue weighted by molar-refractivity contribution is 0.414. The highest BCUT2D eigenvalue weighted by Crippen LogP contribution is 2.25. The van der Waals surface area contributed by atoms with Gasteiger partial charge in [0.1, 0.15) is 5.75 Å². The number of hydrogen-bond donors (Lipinski definition) is 0. The molecular weight excluding hydrogens is 254 g/mol. The van der Waals surface area contributed by atoms with E-state index < -0.39 is 0 Å². The Morgan fingerprint density at radius 3 is 2.26 bits per heavy atom. The Morgan fingerprint density at radius 2 is 1.79 bits per heavy atom. The number of nitrogens with zero attached hydrogens (tertiary/aromatic N) is 1. The molecule has 0 heterocycles. The minimum Gasteiger partial charge on any atom is -0.497 e. The Morgan fingerprint density at radius 1 is 1.21 bits per heavy atom. The van der Waals surface area contributed by atoms with Gasteiger partial charge in [0, 0.05) is 22.2 Å². The summed E-state index contributed by atoms with van der Waals surface area (Å²) < 4.78 is 5.10. The van der Waals surface area contributed by atoms with Crippen LogP contribution in [0.4, 0.5) is 0 Å². The topological polar surface area (TPSA) is 21.6 Å². The van der Waals surface area contributed by atoms with Gasteiger partial charge in [-0.05, 0) is 38.1 Å². The van der Waals surface area contributed by atoms with Gasteiger partial charge in [0.15, 0.2) is 0 Å². The van der Waals surface area contributed by atoms with Gasteiger partial charge in [-0.25, -0.2) is 0 Å². The summed E-state index contributed by atoms with van der Waals surface area (Å²) in [6.45, 7) is 12.0. The molecule has 0 aliphatic rings. The maximum Gasteiger partial charge on any atom is 0.118 e. The first-order valence-electron chi connectivity index (χ1n) is 6.29. The van der Waals surface area contributed by atoms with E-state index in [1.54, 1.807) is 25.1 Å². The molecule has 2 nitrogen and oxygen atoms in total. The van der Waals surface area contributed by atoms with Gasteiger partial charge in [-0.1, -0.05) is 37.8 Å². The summed E-state index contributed by atoms with van der Waals surface area (Å²) in [6, 6.07) is 7.87. The van der Waals surface area contributed by atoms with Crippen molar-refractivity contribution >= 4 is 18.0 Å². The van der Waals surface area contributed by atoms with Gasteiger partial charge < -0.3 is 4.74 Å². The second-order valence-corrected chi connectivity index (χ2v) is 4.93. The molecule has 1 aromatic rings. The lowest BCUT2D eigenvalue weighted by Gasteiger charge is -2.02. The quantitative estimate of drug-likeness (QED) is 0.536. The van der Waals surface area contributed by atoms with E-state index in [1.165, 1.54) is 5.57 Å². The van der Waals surface area contributed by atoms with Gasteiger partial charge in [-0.15, -0.1) is 0 Å². The van der Waals surface area contributed by atoms with Crippen molar-refractivity contribution in [1.82, 2.24) is 0 Å². The molecule has 0 bridgehead atoms. The van der Waals surface area contributed by atoms with Crippen LogP contribution in [0, 0.1) is 0 Å². The zero-order valence-electron chi connectivity index (χ0n) is 12.4. The third kappa shape index (κ3) is 8.27. The lowest BCUT2D eigenvalue weighted by atomic mass is 10.3. The summed E-state index contributed by atoms with van der Waals surface area (Å²) >= 11 is 1.59. The zero-order valence-corrected chi connectivity index (χ0v) is 13.3. The third-order valence-corrected chi connectivity index (χ3v) is 2.74. The van der Waals surface area contributed by atoms with E-state index >= 15 is 0 Å². The maximum atomic E-state index is 5.10. The summed E-state index contributed by atoms with van der Waals surface area (Å²) in [4.78, 5) is 6.20. The second kappa shape index (κ2) is 10.4. The molecule has 0 N–H and O–H groups in total. The van der Waals surface area contributed by atoms with Crippen molar-refractivity contribution in [3.8, 4) is 5.75 Å². The van der Waals surface area contributed by atoms with E-state index in [9.17, 15) is 0 Å². The van der Waals surface area contributed by atoms with Crippen LogP contribution in [-0.2, 0) is 0 Å². The molecule has 0 atom stereocenters. The van der Waals surface area contributed by atoms with Crippen molar-refractivity contribution < 1.29 is 4.74 Å². The molecule has 19 heavy (non-hydrogen) atoms. The molecule has 0 aliphatic heterocycles. The van der Waals surface area contributed by atoms with Crippen molar-refractivity contribution in [1.29, 1.82) is 0 Å². The Hall–Kier alpha value is -1.48. The SMILES string of the molecule is C=C(C=NC=C(C)C)Sc1ccc(OC)cc1.CC. The number of thioether (sulfide) groups is 1. The molecule has 0 saturated heterocycles. The van der Waals surface area contributed by atoms with Crippen molar-refractivity contribution in [3.63, 3.8) is 0 Å². The summed E-state index contributed by atoms with van der Waals surface area (Å²) in [5.74, 6) is 0.859. The predicted octanol–water partition coefficient (Wildman–Crippen LogP) is 5.32. The predicted molar refractivity (Wildman–Crippen MR) is 87.3 cm³/mol. The first-order valence-corrected chi connectivity index (χ1v) is 7.11. The lowest BCUT2D eigenvalue weighted by Crippen LogP contribution is -1.82. The van der Waals surface area contributed by atoms with E-state index in [0.717, 1.165) is 15.6 Å². The molecule has 0 radical (unpaired) electrons. The van der Waals surface area contributed by atoms with Crippen LogP contribution in [0.2, 0.25) is 0 Å². The Bertz CT molecular complexity index is 429. The Balaban J connectivity index is 0.00000154. The van der Waals surface area contributed by atoms with Gasteiger partial charge in [0.05, 0.1) is 7.11 Å². The Kier molecular flexibility index (Phi) is 9.63. The number of hydrogen-bond acceptors (Lipinski definition) is 3. The van der Waals surface area contributed by atoms with E-state index in [4.69, 9.17) is 4.74 Å². The van der Waals surface area contributed by atoms with Crippen LogP contribution >= 0.6 is 11.8 Å². The summed E-state index contributed by atoms with van der Waals surface area (Å²) in [5.41, 5.74) is 1.17. The average Bonchev–Trinajstić information content (AvgIpc) is 2.41. The minimum absolute atomic E-state index is 0.859. The highest BCUT2D eigenvalue weighted by Gasteiger charge is 1.96. The molecule has 0 spiro atoms. The van der Waals surface area contributed by atoms with Crippen LogP contribution in [-0.4, -0.2) is 13.3 Å². The van der Waals surface area contributed by atoms with Crippen LogP contribution in [0.3, 0.4) is 0 Å². The van der Waals surface area contributed by atoms with Crippen molar-refractivity contribution in [3.05, 3.63) is 47.5 Å². The van der Waals surface area contributed by atoms with Crippen molar-refractivity contribution in [2.45, 2.75) is 32.6 Å². The average molecular weight is 277 g/mol. The molecule has 0 fully saturated rings. The highest BCUT2D eigenvalue weighted by atomic mass is 32.2. The number of benzene rings is 1. The molecule has 1 rings (SSSR count). The van der Waals surface area contributed by atoms with Gasteiger partial charge in [-0.3, -0.25) is 4.99 Å². The standard InChI is InChI=1S/C14H17NOS.C2H6/c1-11(2)9-15-10-12(3)17-14-7-5-13(16-4)6-8-14;1-2/h5-10H,3H2,1-2,4H3;1-2H3. The number of aliphatic imine (C=N–C) groups is 1. The maximum absolute atomic E-state index is 5.10. The first kappa shape index (κ1) is 17.5. The van der Waals surface area contributed by atoms with Crippen LogP contribution in [0.1, 0.15) is 27.7 Å². The summed E-state index contributed by atoms with van der Waals surface area (Å²) in [6.07, 6.45) is 3.58. The van der Waals surface area contributed by atoms with Crippen LogP contribution in [0.5, 0.6) is 5.75 Å². The molecule has 0 unspecified atom stereocenters. The fraction of sp³-hybridized carbons (Fsp3) is 0.312. The van der Waals surface area contributed by atoms with Crippen molar-refractivity contribution in [2.75, 3.05) is 7.11 Å². The summed E-state index contributed by atoms with van der Waals surface area (Å²) in [5, 5.41) is 0. The largest absolute Gasteiger partial charge is 0.497 e. The molecule has 1 aromatic carbocycles. The van der Waals surface area contributed by atoms with E-state index in [-0.39, 0.29) is 0 Å². The van der Waals surface area contributed by atoms with E-state index in [1.807, 2.05) is 58.2 Å². The van der Waals surface area contributed by atoms with Gasteiger partial charge in [0.2, 0.25) is 0 Å². The molecular formula is C16H23NOS. The zero-order chi connectivity index (χ0) is 14.7. The molecule has 0 aliphatic carbocycles. The number of ether oxygens (including phenoxy) is 1. The molecule has 0 amide bonds. The number of methoxy groups -OCH3 is 1. The van der Waals surface area contributed by atoms with E-state index in [2.05, 4.69) is 11.6 Å². The van der Waals surface area contributed by atoms with Gasteiger partial charge in [0.25, 0.3) is 0 Å². The van der Waals surface area contributed by atoms with Crippen LogP contribution < -0.4 is 4.74 Å². The number of allylic oxidation sites excluding steroid dienone is 2. The van der Waals surface area contributed by atoms with E-state index in [0.29, 0.717) is 0 Å². The fourth-order valence-corrected chi connectivity index (χ4v) is 1.78. The minimum atomic E-state index is 0.859.